The average Bonchev–Trinajstić information content (AvgIpc) is 3.40. The molecule has 5 aromatic rings. The van der Waals surface area contributed by atoms with Gasteiger partial charge in [-0.05, 0) is 44.2 Å². The summed E-state index contributed by atoms with van der Waals surface area (Å²) in [6.07, 6.45) is 1.65. The molecule has 0 fully saturated rings. The Kier molecular flexibility index (Phi) is 5.71. The average molecular weight is 493 g/mol. The Morgan fingerprint density at radius 2 is 1.92 bits per heavy atom. The Balaban J connectivity index is 1.54. The van der Waals surface area contributed by atoms with Crippen LogP contribution in [0, 0.1) is 6.92 Å². The summed E-state index contributed by atoms with van der Waals surface area (Å²) in [5, 5.41) is 16.0. The van der Waals surface area contributed by atoms with Crippen molar-refractivity contribution in [2.45, 2.75) is 26.6 Å². The van der Waals surface area contributed by atoms with E-state index in [0.29, 0.717) is 39.7 Å². The molecule has 0 bridgehead atoms. The molecule has 36 heavy (non-hydrogen) atoms. The van der Waals surface area contributed by atoms with Crippen molar-refractivity contribution in [1.29, 1.82) is 0 Å². The van der Waals surface area contributed by atoms with Gasteiger partial charge in [0.15, 0.2) is 5.78 Å². The van der Waals surface area contributed by atoms with Gasteiger partial charge in [-0.2, -0.15) is 28.5 Å². The highest BCUT2D eigenvalue weighted by molar-refractivity contribution is 6.00. The number of ketones is 1. The number of aromatic nitrogens is 7. The molecule has 0 aliphatic heterocycles. The number of aryl methyl sites for hydroxylation is 1. The van der Waals surface area contributed by atoms with Crippen LogP contribution in [0.1, 0.15) is 23.0 Å². The smallest absolute Gasteiger partial charge is 0.408 e. The lowest BCUT2D eigenvalue weighted by Gasteiger charge is -2.09. The molecule has 0 spiro atoms. The molecule has 0 unspecified atom stereocenters. The van der Waals surface area contributed by atoms with Gasteiger partial charge in [0.25, 0.3) is 0 Å². The summed E-state index contributed by atoms with van der Waals surface area (Å²) < 4.78 is 46.8. The molecular formula is C24H18F3N7O2. The highest BCUT2D eigenvalue weighted by Gasteiger charge is 2.29. The minimum Gasteiger partial charge on any atom is -0.436 e. The summed E-state index contributed by atoms with van der Waals surface area (Å²) in [7, 11) is 0. The van der Waals surface area contributed by atoms with Crippen molar-refractivity contribution in [2.75, 3.05) is 0 Å². The Bertz CT molecular complexity index is 1580. The second-order valence-corrected chi connectivity index (χ2v) is 8.01. The van der Waals surface area contributed by atoms with Crippen molar-refractivity contribution in [3.05, 3.63) is 72.4 Å². The van der Waals surface area contributed by atoms with E-state index in [1.165, 1.54) is 19.3 Å². The number of hydrogen-bond donors (Lipinski definition) is 0. The molecule has 0 aliphatic carbocycles. The van der Waals surface area contributed by atoms with E-state index in [1.54, 1.807) is 60.2 Å². The molecule has 5 aromatic heterocycles. The van der Waals surface area contributed by atoms with Crippen LogP contribution < -0.4 is 4.74 Å². The molecule has 0 aromatic carbocycles. The first kappa shape index (κ1) is 23.1. The summed E-state index contributed by atoms with van der Waals surface area (Å²) >= 11 is 0. The summed E-state index contributed by atoms with van der Waals surface area (Å²) in [6, 6.07) is 10.2. The summed E-state index contributed by atoms with van der Waals surface area (Å²) in [5.41, 5.74) is 3.09. The van der Waals surface area contributed by atoms with E-state index in [0.717, 1.165) is 4.68 Å². The lowest BCUT2D eigenvalue weighted by Crippen LogP contribution is -2.17. The van der Waals surface area contributed by atoms with Crippen LogP contribution >= 0.6 is 0 Å². The van der Waals surface area contributed by atoms with Crippen LogP contribution in [-0.2, 0) is 6.54 Å². The summed E-state index contributed by atoms with van der Waals surface area (Å²) in [4.78, 5) is 17.0. The van der Waals surface area contributed by atoms with Gasteiger partial charge in [0.05, 0.1) is 35.0 Å². The van der Waals surface area contributed by atoms with Crippen LogP contribution in [0.3, 0.4) is 0 Å². The first-order valence-electron chi connectivity index (χ1n) is 10.7. The number of halogens is 3. The molecule has 0 radical (unpaired) electrons. The molecular weight excluding hydrogens is 475 g/mol. The zero-order valence-electron chi connectivity index (χ0n) is 19.1. The Hall–Kier alpha value is -4.61. The molecule has 0 aliphatic rings. The maximum Gasteiger partial charge on any atom is 0.408 e. The lowest BCUT2D eigenvalue weighted by atomic mass is 10.0. The molecule has 0 amide bonds. The van der Waals surface area contributed by atoms with E-state index in [2.05, 4.69) is 25.4 Å². The van der Waals surface area contributed by atoms with Crippen molar-refractivity contribution in [3.8, 4) is 34.1 Å². The van der Waals surface area contributed by atoms with E-state index in [4.69, 9.17) is 4.74 Å². The van der Waals surface area contributed by atoms with Crippen molar-refractivity contribution in [3.63, 3.8) is 0 Å². The number of ether oxygens (including phenoxy) is 1. The monoisotopic (exact) mass is 493 g/mol. The van der Waals surface area contributed by atoms with Gasteiger partial charge in [0.1, 0.15) is 12.3 Å². The number of fused-ring (bicyclic) bond motifs is 1. The van der Waals surface area contributed by atoms with Crippen LogP contribution in [0.2, 0.25) is 0 Å². The fraction of sp³-hybridized carbons (Fsp3) is 0.167. The van der Waals surface area contributed by atoms with Gasteiger partial charge in [0, 0.05) is 35.2 Å². The van der Waals surface area contributed by atoms with Crippen molar-refractivity contribution in [2.24, 2.45) is 0 Å². The predicted molar refractivity (Wildman–Crippen MR) is 123 cm³/mol. The number of nitrogens with zero attached hydrogens (tertiary/aromatic N) is 7. The molecule has 9 nitrogen and oxygen atoms in total. The van der Waals surface area contributed by atoms with E-state index >= 15 is 0 Å². The molecule has 0 saturated heterocycles. The van der Waals surface area contributed by atoms with Gasteiger partial charge in [-0.25, -0.2) is 9.50 Å². The Morgan fingerprint density at radius 1 is 1.08 bits per heavy atom. The summed E-state index contributed by atoms with van der Waals surface area (Å²) in [6.45, 7) is 1.72. The highest BCUT2D eigenvalue weighted by Crippen LogP contribution is 2.32. The molecule has 5 heterocycles. The van der Waals surface area contributed by atoms with Gasteiger partial charge in [-0.1, -0.05) is 0 Å². The van der Waals surface area contributed by atoms with Gasteiger partial charge in [-0.3, -0.25) is 9.48 Å². The predicted octanol–water partition coefficient (Wildman–Crippen LogP) is 4.92. The molecule has 0 atom stereocenters. The SMILES string of the molecule is CC(=O)c1ccc(-c2cnn3cc(Oc4cccnn4)ccc23)nc1-c1cn(CC(F)(F)F)nc1C. The molecule has 0 N–H and O–H groups in total. The van der Waals surface area contributed by atoms with Crippen molar-refractivity contribution < 1.29 is 22.7 Å². The Labute approximate surface area is 202 Å². The molecule has 5 rings (SSSR count). The van der Waals surface area contributed by atoms with Gasteiger partial charge in [-0.15, -0.1) is 5.10 Å². The number of hydrogen-bond acceptors (Lipinski definition) is 7. The van der Waals surface area contributed by atoms with Crippen LogP contribution in [0.15, 0.2) is 61.2 Å². The summed E-state index contributed by atoms with van der Waals surface area (Å²) in [5.74, 6) is 0.556. The van der Waals surface area contributed by atoms with Crippen LogP contribution in [0.4, 0.5) is 13.2 Å². The first-order valence-corrected chi connectivity index (χ1v) is 10.7. The zero-order valence-corrected chi connectivity index (χ0v) is 19.1. The van der Waals surface area contributed by atoms with E-state index < -0.39 is 12.7 Å². The number of carbonyl (C=O) groups is 1. The number of carbonyl (C=O) groups excluding carboxylic acids is 1. The van der Waals surface area contributed by atoms with E-state index in [9.17, 15) is 18.0 Å². The maximum absolute atomic E-state index is 12.9. The minimum atomic E-state index is -4.43. The third-order valence-corrected chi connectivity index (χ3v) is 5.35. The second kappa shape index (κ2) is 8.87. The molecule has 182 valence electrons. The van der Waals surface area contributed by atoms with Gasteiger partial charge in [0.2, 0.25) is 5.88 Å². The fourth-order valence-corrected chi connectivity index (χ4v) is 3.80. The van der Waals surface area contributed by atoms with Crippen molar-refractivity contribution in [1.82, 2.24) is 34.6 Å². The Morgan fingerprint density at radius 3 is 2.64 bits per heavy atom. The van der Waals surface area contributed by atoms with Gasteiger partial charge >= 0.3 is 6.18 Å². The van der Waals surface area contributed by atoms with Crippen LogP contribution in [0.5, 0.6) is 11.6 Å². The number of alkyl halides is 3. The molecule has 0 saturated carbocycles. The third-order valence-electron chi connectivity index (χ3n) is 5.35. The first-order chi connectivity index (χ1) is 17.2. The van der Waals surface area contributed by atoms with Gasteiger partial charge < -0.3 is 4.74 Å². The minimum absolute atomic E-state index is 0.257. The fourth-order valence-electron chi connectivity index (χ4n) is 3.80. The lowest BCUT2D eigenvalue weighted by molar-refractivity contribution is -0.142. The van der Waals surface area contributed by atoms with Crippen LogP contribution in [0.25, 0.3) is 28.0 Å². The maximum atomic E-state index is 12.9. The molecule has 12 heteroatoms. The number of pyridine rings is 2. The normalized spacial score (nSPS) is 11.7. The van der Waals surface area contributed by atoms with Crippen molar-refractivity contribution >= 4 is 11.3 Å². The number of rotatable bonds is 6. The second-order valence-electron chi connectivity index (χ2n) is 8.01. The third kappa shape index (κ3) is 4.65. The number of Topliss-reactive ketones (excluding diaryl/α,β-unsaturated/α-hetero) is 1. The quantitative estimate of drug-likeness (QED) is 0.310. The largest absolute Gasteiger partial charge is 0.436 e. The van der Waals surface area contributed by atoms with Crippen LogP contribution in [-0.4, -0.2) is 46.5 Å². The zero-order chi connectivity index (χ0) is 25.4. The topological polar surface area (TPSA) is 100 Å². The van der Waals surface area contributed by atoms with E-state index in [1.807, 2.05) is 0 Å². The standard InChI is InChI=1S/C24H18F3N7O2/c1-14-19(12-33(32-14)13-24(25,26)27)23-17(15(2)35)6-7-20(30-23)18-10-29-34-11-16(5-8-21(18)34)36-22-4-3-9-28-31-22/h3-12H,13H2,1-2H3. The van der Waals surface area contributed by atoms with E-state index in [-0.39, 0.29) is 17.0 Å². The highest BCUT2D eigenvalue weighted by atomic mass is 19.4.